The zero-order valence-corrected chi connectivity index (χ0v) is 12.3. The van der Waals surface area contributed by atoms with Gasteiger partial charge >= 0.3 is 0 Å². The molecule has 0 spiro atoms. The number of amides is 2. The van der Waals surface area contributed by atoms with E-state index in [9.17, 15) is 14.4 Å². The topological polar surface area (TPSA) is 114 Å². The van der Waals surface area contributed by atoms with Crippen LogP contribution in [0.3, 0.4) is 0 Å². The van der Waals surface area contributed by atoms with Crippen LogP contribution in [0.25, 0.3) is 10.9 Å². The first kappa shape index (κ1) is 15.6. The van der Waals surface area contributed by atoms with E-state index < -0.39 is 11.9 Å². The van der Waals surface area contributed by atoms with Crippen molar-refractivity contribution in [3.8, 4) is 5.75 Å². The van der Waals surface area contributed by atoms with E-state index >= 15 is 0 Å². The first-order valence-electron chi connectivity index (χ1n) is 6.65. The fourth-order valence-corrected chi connectivity index (χ4v) is 2.30. The average Bonchev–Trinajstić information content (AvgIpc) is 2.47. The lowest BCUT2D eigenvalue weighted by Crippen LogP contribution is -2.43. The van der Waals surface area contributed by atoms with E-state index in [-0.39, 0.29) is 12.0 Å². The van der Waals surface area contributed by atoms with Crippen LogP contribution in [0.2, 0.25) is 0 Å². The number of aromatic nitrogens is 1. The van der Waals surface area contributed by atoms with Gasteiger partial charge in [0.1, 0.15) is 11.8 Å². The van der Waals surface area contributed by atoms with Crippen LogP contribution in [-0.2, 0) is 16.0 Å². The fraction of sp³-hybridized carbons (Fsp3) is 0.267. The first-order chi connectivity index (χ1) is 10.5. The maximum absolute atomic E-state index is 12.1. The molecule has 116 valence electrons. The summed E-state index contributed by atoms with van der Waals surface area (Å²) in [5.74, 6) is -0.00366. The molecule has 0 aliphatic rings. The third kappa shape index (κ3) is 3.08. The lowest BCUT2D eigenvalue weighted by molar-refractivity contribution is -0.122. The Morgan fingerprint density at radius 1 is 1.45 bits per heavy atom. The number of nitrogens with two attached hydrogens (primary N) is 1. The van der Waals surface area contributed by atoms with Gasteiger partial charge in [-0.2, -0.15) is 0 Å². The zero-order valence-electron chi connectivity index (χ0n) is 12.3. The number of hydrogen-bond acceptors (Lipinski definition) is 4. The van der Waals surface area contributed by atoms with E-state index in [1.807, 2.05) is 13.0 Å². The van der Waals surface area contributed by atoms with Crippen molar-refractivity contribution in [2.75, 3.05) is 7.11 Å². The highest BCUT2D eigenvalue weighted by Gasteiger charge is 2.17. The summed E-state index contributed by atoms with van der Waals surface area (Å²) in [6, 6.07) is 4.35. The summed E-state index contributed by atoms with van der Waals surface area (Å²) in [7, 11) is 1.57. The Kier molecular flexibility index (Phi) is 4.45. The number of benzene rings is 1. The molecule has 4 N–H and O–H groups in total. The van der Waals surface area contributed by atoms with Gasteiger partial charge in [0.25, 0.3) is 5.56 Å². The largest absolute Gasteiger partial charge is 0.496 e. The van der Waals surface area contributed by atoms with Crippen LogP contribution in [0.15, 0.2) is 23.0 Å². The molecule has 7 heteroatoms. The van der Waals surface area contributed by atoms with E-state index in [0.717, 1.165) is 10.9 Å². The summed E-state index contributed by atoms with van der Waals surface area (Å²) >= 11 is 0. The Labute approximate surface area is 126 Å². The van der Waals surface area contributed by atoms with Crippen LogP contribution in [-0.4, -0.2) is 30.5 Å². The highest BCUT2D eigenvalue weighted by Crippen LogP contribution is 2.23. The van der Waals surface area contributed by atoms with E-state index in [2.05, 4.69) is 10.3 Å². The number of nitrogens with one attached hydrogen (secondary N) is 2. The molecule has 1 atom stereocenters. The highest BCUT2D eigenvalue weighted by atomic mass is 16.5. The van der Waals surface area contributed by atoms with Gasteiger partial charge in [0.05, 0.1) is 7.11 Å². The molecule has 2 aromatic rings. The standard InChI is InChI=1S/C15H17N3O4/c1-8-3-11-9(6-13(8)22-2)4-10(15(21)18-11)5-12(14(16)20)17-7-19/h3-4,6-7,12H,5H2,1-2H3,(H2,16,20)(H,17,19)(H,18,21). The highest BCUT2D eigenvalue weighted by molar-refractivity contribution is 5.84. The number of aromatic amines is 1. The number of aryl methyl sites for hydroxylation is 1. The quantitative estimate of drug-likeness (QED) is 0.651. The lowest BCUT2D eigenvalue weighted by Gasteiger charge is -2.12. The predicted molar refractivity (Wildman–Crippen MR) is 81.7 cm³/mol. The van der Waals surface area contributed by atoms with E-state index in [1.54, 1.807) is 19.2 Å². The molecule has 0 fully saturated rings. The van der Waals surface area contributed by atoms with Crippen LogP contribution in [0.5, 0.6) is 5.75 Å². The molecule has 0 aliphatic carbocycles. The van der Waals surface area contributed by atoms with Gasteiger partial charge in [-0.05, 0) is 30.7 Å². The van der Waals surface area contributed by atoms with Crippen molar-refractivity contribution in [1.82, 2.24) is 10.3 Å². The summed E-state index contributed by atoms with van der Waals surface area (Å²) in [6.45, 7) is 1.88. The van der Waals surface area contributed by atoms with Crippen molar-refractivity contribution >= 4 is 23.2 Å². The van der Waals surface area contributed by atoms with Crippen LogP contribution < -0.4 is 21.3 Å². The summed E-state index contributed by atoms with van der Waals surface area (Å²) in [5, 5.41) is 3.07. The van der Waals surface area contributed by atoms with Crippen molar-refractivity contribution in [1.29, 1.82) is 0 Å². The third-order valence-electron chi connectivity index (χ3n) is 3.47. The van der Waals surface area contributed by atoms with E-state index in [0.29, 0.717) is 23.2 Å². The summed E-state index contributed by atoms with van der Waals surface area (Å²) < 4.78 is 5.26. The molecule has 0 bridgehead atoms. The van der Waals surface area contributed by atoms with Gasteiger partial charge in [-0.15, -0.1) is 0 Å². The smallest absolute Gasteiger partial charge is 0.251 e. The van der Waals surface area contributed by atoms with Crippen molar-refractivity contribution < 1.29 is 14.3 Å². The molecule has 1 heterocycles. The number of carbonyl (C=O) groups excluding carboxylic acids is 2. The second kappa shape index (κ2) is 6.30. The fourth-order valence-electron chi connectivity index (χ4n) is 2.30. The molecule has 2 rings (SSSR count). The van der Waals surface area contributed by atoms with Crippen molar-refractivity contribution in [2.45, 2.75) is 19.4 Å². The van der Waals surface area contributed by atoms with Crippen LogP contribution in [0, 0.1) is 6.92 Å². The minimum absolute atomic E-state index is 0.0234. The van der Waals surface area contributed by atoms with Gasteiger partial charge in [-0.3, -0.25) is 14.4 Å². The molecule has 0 radical (unpaired) electrons. The number of ether oxygens (including phenoxy) is 1. The van der Waals surface area contributed by atoms with Crippen molar-refractivity contribution in [2.24, 2.45) is 5.73 Å². The Bertz CT molecular complexity index is 782. The average molecular weight is 303 g/mol. The summed E-state index contributed by atoms with van der Waals surface area (Å²) in [5.41, 5.74) is 6.81. The van der Waals surface area contributed by atoms with Gasteiger partial charge in [-0.1, -0.05) is 0 Å². The number of fused-ring (bicyclic) bond motifs is 1. The Hall–Kier alpha value is -2.83. The normalized spacial score (nSPS) is 11.9. The number of primary amides is 1. The molecule has 7 nitrogen and oxygen atoms in total. The number of rotatable bonds is 6. The first-order valence-corrected chi connectivity index (χ1v) is 6.65. The van der Waals surface area contributed by atoms with Gasteiger partial charge in [0, 0.05) is 22.9 Å². The number of hydrogen-bond donors (Lipinski definition) is 3. The molecular formula is C15H17N3O4. The minimum atomic E-state index is -0.927. The van der Waals surface area contributed by atoms with Crippen molar-refractivity contribution in [3.63, 3.8) is 0 Å². The van der Waals surface area contributed by atoms with E-state index in [1.165, 1.54) is 0 Å². The van der Waals surface area contributed by atoms with Gasteiger partial charge < -0.3 is 20.8 Å². The van der Waals surface area contributed by atoms with Crippen molar-refractivity contribution in [3.05, 3.63) is 39.7 Å². The number of methoxy groups -OCH3 is 1. The molecule has 2 amide bonds. The van der Waals surface area contributed by atoms with Crippen LogP contribution >= 0.6 is 0 Å². The van der Waals surface area contributed by atoms with Gasteiger partial charge in [-0.25, -0.2) is 0 Å². The maximum atomic E-state index is 12.1. The summed E-state index contributed by atoms with van der Waals surface area (Å²) in [6.07, 6.45) is 0.409. The second-order valence-corrected chi connectivity index (χ2v) is 4.98. The molecule has 1 aromatic carbocycles. The Morgan fingerprint density at radius 3 is 2.77 bits per heavy atom. The number of H-pyrrole nitrogens is 1. The molecule has 0 saturated heterocycles. The van der Waals surface area contributed by atoms with Crippen LogP contribution in [0.1, 0.15) is 11.1 Å². The molecule has 22 heavy (non-hydrogen) atoms. The monoisotopic (exact) mass is 303 g/mol. The molecule has 1 aromatic heterocycles. The Balaban J connectivity index is 2.48. The molecule has 0 saturated carbocycles. The van der Waals surface area contributed by atoms with Gasteiger partial charge in [0.15, 0.2) is 0 Å². The summed E-state index contributed by atoms with van der Waals surface area (Å²) in [4.78, 5) is 36.7. The molecule has 0 aliphatic heterocycles. The van der Waals surface area contributed by atoms with E-state index in [4.69, 9.17) is 10.5 Å². The predicted octanol–water partition coefficient (Wildman–Crippen LogP) is -0.0125. The van der Waals surface area contributed by atoms with Gasteiger partial charge in [0.2, 0.25) is 12.3 Å². The third-order valence-corrected chi connectivity index (χ3v) is 3.47. The van der Waals surface area contributed by atoms with Crippen LogP contribution in [0.4, 0.5) is 0 Å². The maximum Gasteiger partial charge on any atom is 0.251 e. The SMILES string of the molecule is COc1cc2cc(CC(NC=O)C(N)=O)c(=O)[nH]c2cc1C. The molecule has 1 unspecified atom stereocenters. The minimum Gasteiger partial charge on any atom is -0.496 e. The lowest BCUT2D eigenvalue weighted by atomic mass is 10.0. The number of pyridine rings is 1. The molecular weight excluding hydrogens is 286 g/mol. The number of carbonyl (C=O) groups is 2. The second-order valence-electron chi connectivity index (χ2n) is 4.98. The Morgan fingerprint density at radius 2 is 2.18 bits per heavy atom. The zero-order chi connectivity index (χ0) is 16.3.